The molecule has 5 nitrogen and oxygen atoms in total. The number of pyridine rings is 1. The number of nitrogens with zero attached hydrogens (tertiary/aromatic N) is 3. The molecule has 0 N–H and O–H groups in total. The maximum Gasteiger partial charge on any atom is 0.268 e. The summed E-state index contributed by atoms with van der Waals surface area (Å²) in [6.07, 6.45) is 1.61. The van der Waals surface area contributed by atoms with Gasteiger partial charge in [-0.05, 0) is 42.0 Å². The normalized spacial score (nSPS) is 12.1. The lowest BCUT2D eigenvalue weighted by Gasteiger charge is -2.17. The second-order valence-electron chi connectivity index (χ2n) is 6.65. The molecule has 1 aliphatic heterocycles. The van der Waals surface area contributed by atoms with E-state index in [4.69, 9.17) is 0 Å². The Bertz CT molecular complexity index is 1410. The fraction of sp³-hybridized carbons (Fsp3) is 0.0455. The molecule has 0 bridgehead atoms. The summed E-state index contributed by atoms with van der Waals surface area (Å²) in [6.45, 7) is 0.254. The van der Waals surface area contributed by atoms with Crippen molar-refractivity contribution in [1.29, 1.82) is 5.26 Å². The number of rotatable bonds is 2. The number of nitriles is 1. The molecule has 2 aromatic heterocycles. The smallest absolute Gasteiger partial charge is 0.268 e. The van der Waals surface area contributed by atoms with Crippen LogP contribution in [0, 0.1) is 17.1 Å². The Morgan fingerprint density at radius 1 is 1.04 bits per heavy atom. The van der Waals surface area contributed by atoms with Crippen molar-refractivity contribution in [3.63, 3.8) is 0 Å². The van der Waals surface area contributed by atoms with Crippen molar-refractivity contribution in [2.45, 2.75) is 6.54 Å². The van der Waals surface area contributed by atoms with E-state index < -0.39 is 11.3 Å². The van der Waals surface area contributed by atoms with E-state index in [2.05, 4.69) is 0 Å². The number of carbonyl (C=O) groups is 1. The van der Waals surface area contributed by atoms with Gasteiger partial charge in [-0.25, -0.2) is 4.39 Å². The largest absolute Gasteiger partial charge is 0.334 e. The van der Waals surface area contributed by atoms with Gasteiger partial charge in [-0.2, -0.15) is 5.26 Å². The van der Waals surface area contributed by atoms with E-state index in [1.54, 1.807) is 48.7 Å². The lowest BCUT2D eigenvalue weighted by atomic mass is 10.0. The topological polar surface area (TPSA) is 67.8 Å². The van der Waals surface area contributed by atoms with Crippen LogP contribution >= 0.6 is 0 Å². The highest BCUT2D eigenvalue weighted by Crippen LogP contribution is 2.34. The van der Waals surface area contributed by atoms with E-state index in [9.17, 15) is 19.2 Å². The maximum absolute atomic E-state index is 13.7. The third-order valence-electron chi connectivity index (χ3n) is 5.07. The van der Waals surface area contributed by atoms with Crippen LogP contribution in [0.3, 0.4) is 0 Å². The zero-order valence-electron chi connectivity index (χ0n) is 14.5. The first-order valence-corrected chi connectivity index (χ1v) is 8.66. The van der Waals surface area contributed by atoms with Crippen LogP contribution in [-0.2, 0) is 6.54 Å². The van der Waals surface area contributed by atoms with Crippen LogP contribution in [0.4, 0.5) is 4.39 Å². The second kappa shape index (κ2) is 5.76. The average molecular weight is 369 g/mol. The van der Waals surface area contributed by atoms with E-state index in [1.807, 2.05) is 10.6 Å². The molecule has 0 radical (unpaired) electrons. The highest BCUT2D eigenvalue weighted by molar-refractivity contribution is 6.10. The Hall–Kier alpha value is -3.98. The molecule has 0 saturated heterocycles. The van der Waals surface area contributed by atoms with E-state index in [1.165, 1.54) is 16.7 Å². The number of aromatic nitrogens is 2. The van der Waals surface area contributed by atoms with Gasteiger partial charge in [-0.1, -0.05) is 18.2 Å². The van der Waals surface area contributed by atoms with Gasteiger partial charge in [-0.3, -0.25) is 14.2 Å². The number of halogens is 1. The third-order valence-corrected chi connectivity index (χ3v) is 5.07. The number of carbonyl (C=O) groups excluding carboxylic acids is 1. The van der Waals surface area contributed by atoms with E-state index in [-0.39, 0.29) is 28.9 Å². The lowest BCUT2D eigenvalue weighted by Crippen LogP contribution is -2.21. The molecule has 0 spiro atoms. The van der Waals surface area contributed by atoms with Crippen LogP contribution in [-0.4, -0.2) is 15.0 Å². The summed E-state index contributed by atoms with van der Waals surface area (Å²) in [5.74, 6) is -0.778. The number of hydrogen-bond acceptors (Lipinski definition) is 3. The highest BCUT2D eigenvalue weighted by atomic mass is 19.1. The van der Waals surface area contributed by atoms with E-state index >= 15 is 0 Å². The molecular formula is C22H12FN3O2. The van der Waals surface area contributed by atoms with Crippen molar-refractivity contribution < 1.29 is 9.18 Å². The summed E-state index contributed by atoms with van der Waals surface area (Å²) >= 11 is 0. The van der Waals surface area contributed by atoms with Gasteiger partial charge in [-0.15, -0.1) is 0 Å². The molecule has 0 fully saturated rings. The predicted octanol–water partition coefficient (Wildman–Crippen LogP) is 3.53. The third kappa shape index (κ3) is 2.10. The Balaban J connectivity index is 1.93. The minimum absolute atomic E-state index is 0.0437. The molecule has 0 amide bonds. The average Bonchev–Trinajstić information content (AvgIpc) is 3.27. The summed E-state index contributed by atoms with van der Waals surface area (Å²) in [6, 6.07) is 16.7. The first-order valence-electron chi connectivity index (χ1n) is 8.66. The van der Waals surface area contributed by atoms with Gasteiger partial charge in [0.25, 0.3) is 5.91 Å². The predicted molar refractivity (Wildman–Crippen MR) is 102 cm³/mol. The van der Waals surface area contributed by atoms with Crippen LogP contribution in [0.25, 0.3) is 22.3 Å². The standard InChI is InChI=1S/C22H12FN3O2/c23-15-6-1-4-13(10-15)12-26-16-7-2-5-14(11-24)18(16)21(27)19-20(26)17-8-3-9-25(17)22(19)28/h1-10H,12H2. The number of benzene rings is 2. The highest BCUT2D eigenvalue weighted by Gasteiger charge is 2.33. The second-order valence-corrected chi connectivity index (χ2v) is 6.65. The maximum atomic E-state index is 13.7. The minimum Gasteiger partial charge on any atom is -0.334 e. The molecule has 5 rings (SSSR count). The molecule has 28 heavy (non-hydrogen) atoms. The van der Waals surface area contributed by atoms with Crippen molar-refractivity contribution in [2.24, 2.45) is 0 Å². The lowest BCUT2D eigenvalue weighted by molar-refractivity contribution is 0.0968. The molecule has 2 aromatic carbocycles. The van der Waals surface area contributed by atoms with Crippen LogP contribution in [0.15, 0.2) is 65.6 Å². The Morgan fingerprint density at radius 3 is 2.64 bits per heavy atom. The molecule has 1 aliphatic rings. The molecule has 0 atom stereocenters. The van der Waals surface area contributed by atoms with Crippen LogP contribution in [0.2, 0.25) is 0 Å². The molecule has 0 unspecified atom stereocenters. The van der Waals surface area contributed by atoms with Crippen LogP contribution in [0.5, 0.6) is 0 Å². The molecule has 4 aromatic rings. The first-order chi connectivity index (χ1) is 13.6. The van der Waals surface area contributed by atoms with Gasteiger partial charge in [0.15, 0.2) is 0 Å². The molecule has 0 aliphatic carbocycles. The van der Waals surface area contributed by atoms with Crippen molar-refractivity contribution in [3.05, 3.63) is 93.5 Å². The minimum atomic E-state index is -0.452. The van der Waals surface area contributed by atoms with Crippen molar-refractivity contribution in [1.82, 2.24) is 9.13 Å². The fourth-order valence-electron chi connectivity index (χ4n) is 3.90. The summed E-state index contributed by atoms with van der Waals surface area (Å²) in [5, 5.41) is 9.69. The van der Waals surface area contributed by atoms with Gasteiger partial charge in [0, 0.05) is 12.7 Å². The summed E-state index contributed by atoms with van der Waals surface area (Å²) in [7, 11) is 0. The van der Waals surface area contributed by atoms with Crippen LogP contribution in [0.1, 0.15) is 21.5 Å². The Morgan fingerprint density at radius 2 is 1.86 bits per heavy atom. The van der Waals surface area contributed by atoms with Gasteiger partial charge >= 0.3 is 0 Å². The first kappa shape index (κ1) is 16.2. The summed E-state index contributed by atoms with van der Waals surface area (Å²) in [4.78, 5) is 26.1. The zero-order valence-corrected chi connectivity index (χ0v) is 14.5. The molecule has 134 valence electrons. The van der Waals surface area contributed by atoms with E-state index in [0.717, 1.165) is 0 Å². The quantitative estimate of drug-likeness (QED) is 0.478. The van der Waals surface area contributed by atoms with Gasteiger partial charge in [0.2, 0.25) is 5.43 Å². The number of hydrogen-bond donors (Lipinski definition) is 0. The fourth-order valence-corrected chi connectivity index (χ4v) is 3.90. The van der Waals surface area contributed by atoms with Gasteiger partial charge in [0.1, 0.15) is 11.4 Å². The van der Waals surface area contributed by atoms with Crippen molar-refractivity contribution >= 4 is 16.8 Å². The van der Waals surface area contributed by atoms with Gasteiger partial charge < -0.3 is 4.57 Å². The molecular weight excluding hydrogens is 357 g/mol. The Kier molecular flexibility index (Phi) is 3.34. The van der Waals surface area contributed by atoms with E-state index in [0.29, 0.717) is 22.5 Å². The molecule has 0 saturated carbocycles. The van der Waals surface area contributed by atoms with Crippen molar-refractivity contribution in [2.75, 3.05) is 0 Å². The van der Waals surface area contributed by atoms with Crippen LogP contribution < -0.4 is 5.43 Å². The number of fused-ring (bicyclic) bond motifs is 4. The SMILES string of the molecule is N#Cc1cccc2c1c(=O)c1c(n2Cc2cccc(F)c2)-c2cccn2C1=O. The molecule has 3 heterocycles. The molecule has 6 heteroatoms. The summed E-state index contributed by atoms with van der Waals surface area (Å²) in [5.41, 5.74) is 2.13. The Labute approximate surface area is 158 Å². The van der Waals surface area contributed by atoms with Crippen molar-refractivity contribution in [3.8, 4) is 17.5 Å². The zero-order chi connectivity index (χ0) is 19.4. The monoisotopic (exact) mass is 369 g/mol. The van der Waals surface area contributed by atoms with Gasteiger partial charge in [0.05, 0.1) is 33.9 Å². The summed E-state index contributed by atoms with van der Waals surface area (Å²) < 4.78 is 17.0.